The number of hydrogen-bond donors (Lipinski definition) is 1. The summed E-state index contributed by atoms with van der Waals surface area (Å²) in [6, 6.07) is 10.7. The molecule has 152 valence electrons. The number of benzene rings is 1. The van der Waals surface area contributed by atoms with Crippen molar-refractivity contribution in [3.05, 3.63) is 59.7 Å². The van der Waals surface area contributed by atoms with Crippen molar-refractivity contribution in [1.29, 1.82) is 0 Å². The number of carbonyl (C=O) groups excluding carboxylic acids is 1. The third kappa shape index (κ3) is 5.66. The molecule has 1 aromatic heterocycles. The Labute approximate surface area is 167 Å². The Morgan fingerprint density at radius 3 is 2.75 bits per heavy atom. The number of amides is 1. The van der Waals surface area contributed by atoms with Crippen LogP contribution in [0.25, 0.3) is 0 Å². The molecule has 1 aromatic carbocycles. The highest BCUT2D eigenvalue weighted by Crippen LogP contribution is 2.21. The van der Waals surface area contributed by atoms with E-state index in [4.69, 9.17) is 0 Å². The van der Waals surface area contributed by atoms with Crippen LogP contribution in [0, 0.1) is 11.7 Å². The van der Waals surface area contributed by atoms with Gasteiger partial charge in [0.05, 0.1) is 0 Å². The van der Waals surface area contributed by atoms with Crippen molar-refractivity contribution in [1.82, 2.24) is 19.7 Å². The molecule has 0 spiro atoms. The molecule has 1 N–H and O–H groups in total. The van der Waals surface area contributed by atoms with E-state index in [9.17, 15) is 9.18 Å². The first-order valence-corrected chi connectivity index (χ1v) is 10.1. The van der Waals surface area contributed by atoms with Crippen molar-refractivity contribution in [3.63, 3.8) is 0 Å². The van der Waals surface area contributed by atoms with Gasteiger partial charge in [-0.15, -0.1) is 0 Å². The minimum absolute atomic E-state index is 0.0538. The summed E-state index contributed by atoms with van der Waals surface area (Å²) >= 11 is 0. The van der Waals surface area contributed by atoms with E-state index in [2.05, 4.69) is 14.8 Å². The predicted molar refractivity (Wildman–Crippen MR) is 110 cm³/mol. The van der Waals surface area contributed by atoms with Crippen LogP contribution in [-0.2, 0) is 6.54 Å². The molecule has 0 radical (unpaired) electrons. The maximum absolute atomic E-state index is 14.0. The number of likely N-dealkylation sites (N-methyl/N-ethyl adjacent to an activating group) is 1. The van der Waals surface area contributed by atoms with Gasteiger partial charge >= 0.3 is 0 Å². The normalized spacial score (nSPS) is 17.8. The topological polar surface area (TPSA) is 42.6 Å². The van der Waals surface area contributed by atoms with Crippen molar-refractivity contribution in [2.24, 2.45) is 5.92 Å². The van der Waals surface area contributed by atoms with Crippen molar-refractivity contribution in [2.45, 2.75) is 19.4 Å². The standard InChI is InChI=1S/C22H31FN4O/c1-25(2)13-14-27(22(28)21-10-5-11-24-21)16-18-7-6-12-26(15-18)17-19-8-3-4-9-20(19)23/h3-5,8-11,18,24H,6-7,12-17H2,1-2H3. The minimum Gasteiger partial charge on any atom is -0.357 e. The van der Waals surface area contributed by atoms with Crippen LogP contribution in [0.4, 0.5) is 4.39 Å². The third-order valence-electron chi connectivity index (χ3n) is 5.37. The number of carbonyl (C=O) groups is 1. The lowest BCUT2D eigenvalue weighted by atomic mass is 9.96. The number of halogens is 1. The largest absolute Gasteiger partial charge is 0.357 e. The van der Waals surface area contributed by atoms with Crippen LogP contribution in [0.2, 0.25) is 0 Å². The fourth-order valence-electron chi connectivity index (χ4n) is 3.85. The zero-order valence-electron chi connectivity index (χ0n) is 16.9. The van der Waals surface area contributed by atoms with E-state index in [0.717, 1.165) is 44.6 Å². The lowest BCUT2D eigenvalue weighted by Gasteiger charge is -2.36. The molecule has 0 aliphatic carbocycles. The van der Waals surface area contributed by atoms with Gasteiger partial charge in [0.15, 0.2) is 0 Å². The molecule has 6 heteroatoms. The summed E-state index contributed by atoms with van der Waals surface area (Å²) in [6.07, 6.45) is 3.97. The Hall–Kier alpha value is -2.18. The maximum Gasteiger partial charge on any atom is 0.270 e. The fraction of sp³-hybridized carbons (Fsp3) is 0.500. The highest BCUT2D eigenvalue weighted by atomic mass is 19.1. The summed E-state index contributed by atoms with van der Waals surface area (Å²) in [5, 5.41) is 0. The Balaban J connectivity index is 1.62. The number of H-pyrrole nitrogens is 1. The van der Waals surface area contributed by atoms with Gasteiger partial charge in [0.2, 0.25) is 0 Å². The van der Waals surface area contributed by atoms with E-state index >= 15 is 0 Å². The van der Waals surface area contributed by atoms with Crippen LogP contribution in [0.5, 0.6) is 0 Å². The van der Waals surface area contributed by atoms with Gasteiger partial charge in [-0.25, -0.2) is 4.39 Å². The first-order valence-electron chi connectivity index (χ1n) is 10.1. The van der Waals surface area contributed by atoms with E-state index in [-0.39, 0.29) is 11.7 Å². The zero-order chi connectivity index (χ0) is 19.9. The predicted octanol–water partition coefficient (Wildman–Crippen LogP) is 3.07. The van der Waals surface area contributed by atoms with Gasteiger partial charge in [-0.3, -0.25) is 9.69 Å². The second-order valence-corrected chi connectivity index (χ2v) is 7.97. The highest BCUT2D eigenvalue weighted by Gasteiger charge is 2.25. The van der Waals surface area contributed by atoms with Gasteiger partial charge in [0.1, 0.15) is 11.5 Å². The SMILES string of the molecule is CN(C)CCN(CC1CCCN(Cc2ccccc2F)C1)C(=O)c1ccc[nH]1. The molecule has 1 amide bonds. The summed E-state index contributed by atoms with van der Waals surface area (Å²) in [6.45, 7) is 4.77. The molecular weight excluding hydrogens is 355 g/mol. The van der Waals surface area contributed by atoms with E-state index < -0.39 is 0 Å². The number of aromatic amines is 1. The lowest BCUT2D eigenvalue weighted by molar-refractivity contribution is 0.0655. The van der Waals surface area contributed by atoms with Gasteiger partial charge in [0, 0.05) is 44.5 Å². The van der Waals surface area contributed by atoms with Crippen molar-refractivity contribution in [3.8, 4) is 0 Å². The minimum atomic E-state index is -0.140. The average molecular weight is 387 g/mol. The number of hydrogen-bond acceptors (Lipinski definition) is 3. The van der Waals surface area contributed by atoms with Gasteiger partial charge in [-0.1, -0.05) is 18.2 Å². The Bertz CT molecular complexity index is 747. The van der Waals surface area contributed by atoms with Gasteiger partial charge in [-0.05, 0) is 57.6 Å². The first-order chi connectivity index (χ1) is 13.5. The molecule has 28 heavy (non-hydrogen) atoms. The van der Waals surface area contributed by atoms with Crippen LogP contribution in [0.3, 0.4) is 0 Å². The Morgan fingerprint density at radius 1 is 1.21 bits per heavy atom. The molecule has 3 rings (SSSR count). The molecule has 0 bridgehead atoms. The molecule has 0 saturated carbocycles. The molecule has 1 atom stereocenters. The molecule has 5 nitrogen and oxygen atoms in total. The van der Waals surface area contributed by atoms with Gasteiger partial charge in [0.25, 0.3) is 5.91 Å². The number of nitrogens with one attached hydrogen (secondary N) is 1. The fourth-order valence-corrected chi connectivity index (χ4v) is 3.85. The zero-order valence-corrected chi connectivity index (χ0v) is 16.9. The van der Waals surface area contributed by atoms with Crippen LogP contribution >= 0.6 is 0 Å². The lowest BCUT2D eigenvalue weighted by Crippen LogP contribution is -2.44. The van der Waals surface area contributed by atoms with E-state index in [0.29, 0.717) is 24.7 Å². The van der Waals surface area contributed by atoms with Crippen LogP contribution in [-0.4, -0.2) is 72.4 Å². The summed E-state index contributed by atoms with van der Waals surface area (Å²) in [7, 11) is 4.04. The third-order valence-corrected chi connectivity index (χ3v) is 5.37. The van der Waals surface area contributed by atoms with Crippen molar-refractivity contribution >= 4 is 5.91 Å². The maximum atomic E-state index is 14.0. The van der Waals surface area contributed by atoms with Crippen molar-refractivity contribution < 1.29 is 9.18 Å². The summed E-state index contributed by atoms with van der Waals surface area (Å²) in [5.74, 6) is 0.318. The quantitative estimate of drug-likeness (QED) is 0.758. The molecular formula is C22H31FN4O. The highest BCUT2D eigenvalue weighted by molar-refractivity contribution is 5.92. The van der Waals surface area contributed by atoms with Gasteiger partial charge < -0.3 is 14.8 Å². The Kier molecular flexibility index (Phi) is 7.23. The summed E-state index contributed by atoms with van der Waals surface area (Å²) in [4.78, 5) is 22.3. The van der Waals surface area contributed by atoms with E-state index in [1.165, 1.54) is 6.07 Å². The average Bonchev–Trinajstić information content (AvgIpc) is 3.21. The summed E-state index contributed by atoms with van der Waals surface area (Å²) in [5.41, 5.74) is 1.38. The Morgan fingerprint density at radius 2 is 2.04 bits per heavy atom. The second kappa shape index (κ2) is 9.85. The van der Waals surface area contributed by atoms with E-state index in [1.807, 2.05) is 43.3 Å². The van der Waals surface area contributed by atoms with Crippen LogP contribution in [0.15, 0.2) is 42.6 Å². The number of piperidine rings is 1. The molecule has 2 heterocycles. The first kappa shape index (κ1) is 20.6. The van der Waals surface area contributed by atoms with Gasteiger partial charge in [-0.2, -0.15) is 0 Å². The van der Waals surface area contributed by atoms with Crippen molar-refractivity contribution in [2.75, 3.05) is 46.8 Å². The molecule has 1 aliphatic rings. The summed E-state index contributed by atoms with van der Waals surface area (Å²) < 4.78 is 14.0. The monoisotopic (exact) mass is 386 g/mol. The van der Waals surface area contributed by atoms with E-state index in [1.54, 1.807) is 12.3 Å². The number of aromatic nitrogens is 1. The van der Waals surface area contributed by atoms with Crippen LogP contribution in [0.1, 0.15) is 28.9 Å². The second-order valence-electron chi connectivity index (χ2n) is 7.97. The molecule has 1 unspecified atom stereocenters. The number of rotatable bonds is 8. The smallest absolute Gasteiger partial charge is 0.270 e. The number of likely N-dealkylation sites (tertiary alicyclic amines) is 1. The number of nitrogens with zero attached hydrogens (tertiary/aromatic N) is 3. The molecule has 2 aromatic rings. The molecule has 1 saturated heterocycles. The molecule has 1 fully saturated rings. The van der Waals surface area contributed by atoms with Crippen LogP contribution < -0.4 is 0 Å². The molecule has 1 aliphatic heterocycles.